The summed E-state index contributed by atoms with van der Waals surface area (Å²) in [6, 6.07) is 3.53. The van der Waals surface area contributed by atoms with Crippen LogP contribution in [-0.2, 0) is 13.8 Å². The third-order valence-corrected chi connectivity index (χ3v) is 4.25. The van der Waals surface area contributed by atoms with Gasteiger partial charge < -0.3 is 14.6 Å². The van der Waals surface area contributed by atoms with Crippen molar-refractivity contribution < 1.29 is 27.8 Å². The molecular formula is C12H13ClO6S. The first-order valence-electron chi connectivity index (χ1n) is 5.94. The topological polar surface area (TPSA) is 89.9 Å². The van der Waals surface area contributed by atoms with Crippen LogP contribution in [0.3, 0.4) is 0 Å². The zero-order chi connectivity index (χ0) is 14.8. The predicted octanol–water partition coefficient (Wildman–Crippen LogP) is 1.87. The summed E-state index contributed by atoms with van der Waals surface area (Å²) in [7, 11) is 1.21. The fourth-order valence-corrected chi connectivity index (χ4v) is 2.91. The van der Waals surface area contributed by atoms with Gasteiger partial charge in [0.1, 0.15) is 17.3 Å². The van der Waals surface area contributed by atoms with Crippen molar-refractivity contribution in [1.82, 2.24) is 0 Å². The van der Waals surface area contributed by atoms with E-state index in [1.807, 2.05) is 0 Å². The highest BCUT2D eigenvalue weighted by Crippen LogP contribution is 2.29. The van der Waals surface area contributed by atoms with E-state index in [1.165, 1.54) is 12.1 Å². The molecule has 1 N–H and O–H groups in total. The number of ether oxygens (including phenoxy) is 2. The Bertz CT molecular complexity index is 606. The molecule has 8 heteroatoms. The van der Waals surface area contributed by atoms with Crippen LogP contribution in [0.25, 0.3) is 0 Å². The number of carboxylic acids is 1. The minimum atomic E-state index is -4.09. The third kappa shape index (κ3) is 3.62. The molecule has 1 aromatic carbocycles. The largest absolute Gasteiger partial charge is 0.489 e. The molecule has 0 radical (unpaired) electrons. The van der Waals surface area contributed by atoms with Crippen molar-refractivity contribution in [3.63, 3.8) is 0 Å². The molecule has 1 atom stereocenters. The van der Waals surface area contributed by atoms with Crippen molar-refractivity contribution in [2.75, 3.05) is 13.2 Å². The smallest absolute Gasteiger partial charge is 0.335 e. The van der Waals surface area contributed by atoms with E-state index >= 15 is 0 Å². The van der Waals surface area contributed by atoms with Gasteiger partial charge in [-0.05, 0) is 31.0 Å². The Morgan fingerprint density at radius 2 is 2.25 bits per heavy atom. The van der Waals surface area contributed by atoms with Crippen molar-refractivity contribution in [1.29, 1.82) is 0 Å². The number of rotatable bonds is 5. The van der Waals surface area contributed by atoms with Gasteiger partial charge in [0.05, 0.1) is 11.7 Å². The summed E-state index contributed by atoms with van der Waals surface area (Å²) in [5.74, 6) is -1.21. The molecule has 110 valence electrons. The van der Waals surface area contributed by atoms with Gasteiger partial charge in [-0.3, -0.25) is 0 Å². The molecule has 1 fully saturated rings. The molecule has 0 amide bonds. The number of carbonyl (C=O) groups is 1. The highest BCUT2D eigenvalue weighted by atomic mass is 35.7. The van der Waals surface area contributed by atoms with Crippen LogP contribution < -0.4 is 4.74 Å². The van der Waals surface area contributed by atoms with Crippen LogP contribution in [0.2, 0.25) is 0 Å². The predicted molar refractivity (Wildman–Crippen MR) is 70.9 cm³/mol. The second-order valence-electron chi connectivity index (χ2n) is 4.35. The summed E-state index contributed by atoms with van der Waals surface area (Å²) in [6.07, 6.45) is 1.70. The normalized spacial score (nSPS) is 18.9. The number of aromatic carboxylic acids is 1. The summed E-state index contributed by atoms with van der Waals surface area (Å²) in [6.45, 7) is 0.860. The van der Waals surface area contributed by atoms with E-state index in [2.05, 4.69) is 0 Å². The molecular weight excluding hydrogens is 308 g/mol. The Kier molecular flexibility index (Phi) is 4.52. The second-order valence-corrected chi connectivity index (χ2v) is 6.88. The van der Waals surface area contributed by atoms with Gasteiger partial charge in [0, 0.05) is 17.3 Å². The molecule has 1 aromatic rings. The van der Waals surface area contributed by atoms with E-state index in [4.69, 9.17) is 25.3 Å². The number of halogens is 1. The lowest BCUT2D eigenvalue weighted by Crippen LogP contribution is -2.17. The average molecular weight is 321 g/mol. The number of hydrogen-bond acceptors (Lipinski definition) is 5. The first kappa shape index (κ1) is 15.1. The molecule has 2 rings (SSSR count). The number of carboxylic acid groups (broad SMARTS) is 1. The standard InChI is InChI=1S/C12H13ClO6S/c13-20(16,17)11-6-8(12(14)15)3-4-10(11)19-7-9-2-1-5-18-9/h3-4,6,9H,1-2,5,7H2,(H,14,15). The molecule has 1 aliphatic heterocycles. The molecule has 1 saturated heterocycles. The Morgan fingerprint density at radius 3 is 2.80 bits per heavy atom. The summed E-state index contributed by atoms with van der Waals surface area (Å²) in [4.78, 5) is 10.5. The highest BCUT2D eigenvalue weighted by Gasteiger charge is 2.22. The van der Waals surface area contributed by atoms with Crippen molar-refractivity contribution in [2.45, 2.75) is 23.8 Å². The van der Waals surface area contributed by atoms with Gasteiger partial charge in [-0.1, -0.05) is 0 Å². The fourth-order valence-electron chi connectivity index (χ4n) is 1.91. The number of benzene rings is 1. The molecule has 1 heterocycles. The van der Waals surface area contributed by atoms with Crippen LogP contribution >= 0.6 is 10.7 Å². The van der Waals surface area contributed by atoms with Crippen LogP contribution in [0.4, 0.5) is 0 Å². The van der Waals surface area contributed by atoms with Crippen molar-refractivity contribution >= 4 is 25.7 Å². The molecule has 0 spiro atoms. The van der Waals surface area contributed by atoms with Crippen molar-refractivity contribution in [2.24, 2.45) is 0 Å². The van der Waals surface area contributed by atoms with Gasteiger partial charge in [0.2, 0.25) is 0 Å². The zero-order valence-corrected chi connectivity index (χ0v) is 12.0. The highest BCUT2D eigenvalue weighted by molar-refractivity contribution is 8.13. The first-order chi connectivity index (χ1) is 9.38. The minimum Gasteiger partial charge on any atom is -0.489 e. The molecule has 20 heavy (non-hydrogen) atoms. The maximum atomic E-state index is 11.5. The van der Waals surface area contributed by atoms with Crippen molar-refractivity contribution in [3.05, 3.63) is 23.8 Å². The van der Waals surface area contributed by atoms with Crippen LogP contribution in [0.1, 0.15) is 23.2 Å². The maximum Gasteiger partial charge on any atom is 0.335 e. The lowest BCUT2D eigenvalue weighted by Gasteiger charge is -2.13. The Labute approximate surface area is 120 Å². The van der Waals surface area contributed by atoms with Gasteiger partial charge in [-0.2, -0.15) is 0 Å². The van der Waals surface area contributed by atoms with Gasteiger partial charge in [0.25, 0.3) is 9.05 Å². The van der Waals surface area contributed by atoms with Gasteiger partial charge in [-0.15, -0.1) is 0 Å². The second kappa shape index (κ2) is 5.99. The monoisotopic (exact) mass is 320 g/mol. The van der Waals surface area contributed by atoms with Gasteiger partial charge in [0.15, 0.2) is 0 Å². The SMILES string of the molecule is O=C(O)c1ccc(OCC2CCCO2)c(S(=O)(=O)Cl)c1. The lowest BCUT2D eigenvalue weighted by atomic mass is 10.2. The molecule has 0 aromatic heterocycles. The van der Waals surface area contributed by atoms with Crippen LogP contribution in [0.15, 0.2) is 23.1 Å². The summed E-state index contributed by atoms with van der Waals surface area (Å²) in [5.41, 5.74) is -0.173. The van der Waals surface area contributed by atoms with Gasteiger partial charge >= 0.3 is 5.97 Å². The molecule has 0 saturated carbocycles. The molecule has 6 nitrogen and oxygen atoms in total. The molecule has 1 aliphatic rings. The maximum absolute atomic E-state index is 11.5. The van der Waals surface area contributed by atoms with Crippen LogP contribution in [0, 0.1) is 0 Å². The zero-order valence-electron chi connectivity index (χ0n) is 10.4. The summed E-state index contributed by atoms with van der Waals surface area (Å²) in [5, 5.41) is 8.87. The summed E-state index contributed by atoms with van der Waals surface area (Å²) >= 11 is 0. The van der Waals surface area contributed by atoms with E-state index in [1.54, 1.807) is 0 Å². The van der Waals surface area contributed by atoms with Gasteiger partial charge in [-0.25, -0.2) is 13.2 Å². The lowest BCUT2D eigenvalue weighted by molar-refractivity contribution is 0.0665. The van der Waals surface area contributed by atoms with E-state index < -0.39 is 15.0 Å². The minimum absolute atomic E-state index is 0.0282. The van der Waals surface area contributed by atoms with Crippen LogP contribution in [-0.4, -0.2) is 38.8 Å². The Hall–Kier alpha value is -1.31. The molecule has 1 unspecified atom stereocenters. The first-order valence-corrected chi connectivity index (χ1v) is 8.25. The average Bonchev–Trinajstić information content (AvgIpc) is 2.88. The quantitative estimate of drug-likeness (QED) is 0.833. The van der Waals surface area contributed by atoms with Crippen LogP contribution in [0.5, 0.6) is 5.75 Å². The molecule has 0 aliphatic carbocycles. The summed E-state index contributed by atoms with van der Waals surface area (Å²) < 4.78 is 33.7. The third-order valence-electron chi connectivity index (χ3n) is 2.90. The van der Waals surface area contributed by atoms with E-state index in [0.29, 0.717) is 6.61 Å². The Balaban J connectivity index is 2.24. The van der Waals surface area contributed by atoms with E-state index in [9.17, 15) is 13.2 Å². The van der Waals surface area contributed by atoms with E-state index in [0.717, 1.165) is 18.9 Å². The van der Waals surface area contributed by atoms with Crippen molar-refractivity contribution in [3.8, 4) is 5.75 Å². The molecule has 0 bridgehead atoms. The van der Waals surface area contributed by atoms with E-state index in [-0.39, 0.29) is 28.9 Å². The Morgan fingerprint density at radius 1 is 1.50 bits per heavy atom. The fraction of sp³-hybridized carbons (Fsp3) is 0.417. The number of hydrogen-bond donors (Lipinski definition) is 1.